The van der Waals surface area contributed by atoms with Crippen LogP contribution in [-0.2, 0) is 0 Å². The Labute approximate surface area is 199 Å². The van der Waals surface area contributed by atoms with Crippen LogP contribution in [0.3, 0.4) is 0 Å². The van der Waals surface area contributed by atoms with E-state index in [0.717, 1.165) is 90.0 Å². The van der Waals surface area contributed by atoms with E-state index in [9.17, 15) is 0 Å². The van der Waals surface area contributed by atoms with Crippen molar-refractivity contribution in [3.63, 3.8) is 0 Å². The lowest BCUT2D eigenvalue weighted by Crippen LogP contribution is -2.45. The van der Waals surface area contributed by atoms with Crippen LogP contribution in [0.5, 0.6) is 0 Å². The minimum absolute atomic E-state index is 0.810. The Bertz CT molecular complexity index is 1300. The highest BCUT2D eigenvalue weighted by Crippen LogP contribution is 2.29. The van der Waals surface area contributed by atoms with Crippen molar-refractivity contribution >= 4 is 33.7 Å². The molecule has 4 aromatic rings. The van der Waals surface area contributed by atoms with Crippen LogP contribution in [0.25, 0.3) is 38.8 Å². The number of nitrogens with zero attached hydrogens (tertiary/aromatic N) is 5. The van der Waals surface area contributed by atoms with Gasteiger partial charge in [-0.1, -0.05) is 0 Å². The number of likely N-dealkylation sites (N-methyl/N-ethyl adjacent to an activating group) is 1. The second-order valence-electron chi connectivity index (χ2n) is 8.80. The summed E-state index contributed by atoms with van der Waals surface area (Å²) >= 11 is 0. The molecule has 1 saturated heterocycles. The van der Waals surface area contributed by atoms with Gasteiger partial charge in [0.25, 0.3) is 0 Å². The van der Waals surface area contributed by atoms with Crippen LogP contribution in [0, 0.1) is 5.41 Å². The maximum Gasteiger partial charge on any atom is 0.138 e. The molecule has 1 aliphatic heterocycles. The number of hydrogen-bond acceptors (Lipinski definition) is 7. The number of hydrogen-bond donors (Lipinski definition) is 3. The molecule has 1 aliphatic rings. The van der Waals surface area contributed by atoms with E-state index in [4.69, 9.17) is 5.41 Å². The van der Waals surface area contributed by atoms with Gasteiger partial charge in [-0.05, 0) is 44.3 Å². The number of nitrogens with one attached hydrogen (secondary N) is 3. The zero-order valence-electron chi connectivity index (χ0n) is 19.5. The summed E-state index contributed by atoms with van der Waals surface area (Å²) in [5.74, 6) is 0. The van der Waals surface area contributed by atoms with E-state index in [1.54, 1.807) is 6.20 Å². The minimum Gasteiger partial charge on any atom is -0.390 e. The first kappa shape index (κ1) is 22.2. The Morgan fingerprint density at radius 3 is 2.79 bits per heavy atom. The molecule has 174 valence electrons. The van der Waals surface area contributed by atoms with Crippen molar-refractivity contribution < 1.29 is 0 Å². The molecule has 0 aromatic carbocycles. The van der Waals surface area contributed by atoms with Crippen LogP contribution < -0.4 is 5.32 Å². The van der Waals surface area contributed by atoms with Crippen LogP contribution in [-0.4, -0.2) is 82.3 Å². The summed E-state index contributed by atoms with van der Waals surface area (Å²) in [5.41, 5.74) is 5.32. The lowest BCUT2D eigenvalue weighted by Gasteiger charge is -2.32. The molecule has 0 saturated carbocycles. The van der Waals surface area contributed by atoms with Crippen molar-refractivity contribution in [1.29, 1.82) is 5.41 Å². The highest BCUT2D eigenvalue weighted by molar-refractivity contribution is 6.12. The Balaban J connectivity index is 1.31. The molecule has 3 N–H and O–H groups in total. The molecular formula is C26H30N8. The minimum atomic E-state index is 0.810. The van der Waals surface area contributed by atoms with Crippen LogP contribution in [0.15, 0.2) is 55.3 Å². The molecule has 1 fully saturated rings. The normalized spacial score (nSPS) is 15.7. The molecular weight excluding hydrogens is 424 g/mol. The molecule has 0 aliphatic carbocycles. The molecule has 4 aromatic heterocycles. The topological polar surface area (TPSA) is 96.8 Å². The third kappa shape index (κ3) is 4.83. The molecule has 0 radical (unpaired) electrons. The molecule has 0 atom stereocenters. The second kappa shape index (κ2) is 10.1. The van der Waals surface area contributed by atoms with Gasteiger partial charge < -0.3 is 25.5 Å². The van der Waals surface area contributed by atoms with Crippen molar-refractivity contribution in [3.8, 4) is 11.3 Å². The average Bonchev–Trinajstić information content (AvgIpc) is 3.25. The Hall–Kier alpha value is -3.62. The van der Waals surface area contributed by atoms with E-state index >= 15 is 0 Å². The molecule has 34 heavy (non-hydrogen) atoms. The maximum absolute atomic E-state index is 7.94. The third-order valence-electron chi connectivity index (χ3n) is 6.43. The highest BCUT2D eigenvalue weighted by Gasteiger charge is 2.13. The predicted molar refractivity (Wildman–Crippen MR) is 138 cm³/mol. The van der Waals surface area contributed by atoms with Crippen LogP contribution in [0.2, 0.25) is 0 Å². The molecule has 8 heteroatoms. The van der Waals surface area contributed by atoms with Crippen molar-refractivity contribution in [1.82, 2.24) is 35.1 Å². The summed E-state index contributed by atoms with van der Waals surface area (Å²) in [6.45, 7) is 6.57. The van der Waals surface area contributed by atoms with E-state index in [1.165, 1.54) is 6.21 Å². The van der Waals surface area contributed by atoms with Gasteiger partial charge in [0.15, 0.2) is 0 Å². The lowest BCUT2D eigenvalue weighted by molar-refractivity contribution is 0.153. The number of fused-ring (bicyclic) bond motifs is 3. The molecule has 0 amide bonds. The fourth-order valence-electron chi connectivity index (χ4n) is 4.37. The molecule has 0 unspecified atom stereocenters. The molecule has 5 rings (SSSR count). The van der Waals surface area contributed by atoms with Gasteiger partial charge in [0, 0.05) is 91.2 Å². The van der Waals surface area contributed by atoms with Crippen LogP contribution in [0.4, 0.5) is 0 Å². The fourth-order valence-corrected chi connectivity index (χ4v) is 4.37. The Kier molecular flexibility index (Phi) is 6.60. The highest BCUT2D eigenvalue weighted by atomic mass is 15.2. The Morgan fingerprint density at radius 1 is 1.12 bits per heavy atom. The van der Waals surface area contributed by atoms with Crippen molar-refractivity contribution in [3.05, 3.63) is 60.8 Å². The fraction of sp³-hybridized carbons (Fsp3) is 0.308. The number of H-pyrrole nitrogens is 1. The van der Waals surface area contributed by atoms with Gasteiger partial charge in [-0.3, -0.25) is 9.97 Å². The zero-order chi connectivity index (χ0) is 23.3. The Morgan fingerprint density at radius 2 is 2.00 bits per heavy atom. The second-order valence-corrected chi connectivity index (χ2v) is 8.80. The molecule has 8 nitrogen and oxygen atoms in total. The SMILES string of the molecule is CN1CCN(CCCN/C=C(\C=N)c2cnc3[nH]c4cnc(-c5cccnc5)cc4c3c2)CC1. The summed E-state index contributed by atoms with van der Waals surface area (Å²) in [6.07, 6.45) is 11.6. The van der Waals surface area contributed by atoms with E-state index < -0.39 is 0 Å². The molecule has 5 heterocycles. The molecule has 0 spiro atoms. The van der Waals surface area contributed by atoms with Gasteiger partial charge in [-0.15, -0.1) is 0 Å². The van der Waals surface area contributed by atoms with Crippen molar-refractivity contribution in [2.75, 3.05) is 46.3 Å². The zero-order valence-corrected chi connectivity index (χ0v) is 19.5. The largest absolute Gasteiger partial charge is 0.390 e. The maximum atomic E-state index is 7.94. The number of rotatable bonds is 8. The average molecular weight is 455 g/mol. The number of aromatic nitrogens is 4. The monoisotopic (exact) mass is 454 g/mol. The number of piperazine rings is 1. The summed E-state index contributed by atoms with van der Waals surface area (Å²) in [6, 6.07) is 8.08. The van der Waals surface area contributed by atoms with Gasteiger partial charge in [0.2, 0.25) is 0 Å². The third-order valence-corrected chi connectivity index (χ3v) is 6.43. The van der Waals surface area contributed by atoms with Crippen molar-refractivity contribution in [2.24, 2.45) is 0 Å². The van der Waals surface area contributed by atoms with Crippen molar-refractivity contribution in [2.45, 2.75) is 6.42 Å². The lowest BCUT2D eigenvalue weighted by atomic mass is 10.1. The van der Waals surface area contributed by atoms with Crippen LogP contribution >= 0.6 is 0 Å². The van der Waals surface area contributed by atoms with E-state index in [0.29, 0.717) is 0 Å². The predicted octanol–water partition coefficient (Wildman–Crippen LogP) is 3.39. The first-order chi connectivity index (χ1) is 16.7. The van der Waals surface area contributed by atoms with E-state index in [2.05, 4.69) is 54.2 Å². The summed E-state index contributed by atoms with van der Waals surface area (Å²) in [5, 5.41) is 13.4. The number of allylic oxidation sites excluding steroid dienone is 1. The van der Waals surface area contributed by atoms with E-state index in [-0.39, 0.29) is 0 Å². The van der Waals surface area contributed by atoms with Gasteiger partial charge >= 0.3 is 0 Å². The van der Waals surface area contributed by atoms with Crippen LogP contribution in [0.1, 0.15) is 12.0 Å². The van der Waals surface area contributed by atoms with Gasteiger partial charge in [0.1, 0.15) is 5.65 Å². The first-order valence-corrected chi connectivity index (χ1v) is 11.7. The standard InChI is InChI=1S/C26H30N8/c1-33-8-10-34(11-9-33)7-3-6-29-16-21(14-27)20-12-23-22-13-24(19-4-2-5-28-15-19)30-18-25(22)32-26(23)31-17-20/h2,4-5,12-18,27,29H,3,6-11H2,1H3,(H,31,32)/b21-16+,27-14?. The van der Waals surface area contributed by atoms with E-state index in [1.807, 2.05) is 36.9 Å². The van der Waals surface area contributed by atoms with Gasteiger partial charge in [0.05, 0.1) is 17.4 Å². The van der Waals surface area contributed by atoms with Gasteiger partial charge in [-0.25, -0.2) is 4.98 Å². The summed E-state index contributed by atoms with van der Waals surface area (Å²) in [7, 11) is 2.18. The number of aromatic amines is 1. The quantitative estimate of drug-likeness (QED) is 0.279. The van der Waals surface area contributed by atoms with Gasteiger partial charge in [-0.2, -0.15) is 0 Å². The first-order valence-electron chi connectivity index (χ1n) is 11.7. The smallest absolute Gasteiger partial charge is 0.138 e. The number of pyridine rings is 3. The molecule has 0 bridgehead atoms. The summed E-state index contributed by atoms with van der Waals surface area (Å²) < 4.78 is 0. The summed E-state index contributed by atoms with van der Waals surface area (Å²) in [4.78, 5) is 21.7.